The number of sulfonamides is 1. The largest absolute Gasteiger partial charge is 0.462 e. The molecule has 0 saturated carbocycles. The molecule has 0 spiro atoms. The average molecular weight is 452 g/mol. The summed E-state index contributed by atoms with van der Waals surface area (Å²) in [6.45, 7) is 4.23. The Kier molecular flexibility index (Phi) is 6.89. The van der Waals surface area contributed by atoms with Gasteiger partial charge in [-0.1, -0.05) is 29.5 Å². The summed E-state index contributed by atoms with van der Waals surface area (Å²) in [5, 5.41) is 0. The van der Waals surface area contributed by atoms with Crippen LogP contribution in [0, 0.1) is 12.8 Å². The number of esters is 1. The Morgan fingerprint density at radius 1 is 1.27 bits per heavy atom. The van der Waals surface area contributed by atoms with E-state index in [0.29, 0.717) is 34.8 Å². The molecule has 1 aliphatic rings. The summed E-state index contributed by atoms with van der Waals surface area (Å²) in [5.41, 5.74) is 0.668. The molecule has 1 atom stereocenters. The zero-order chi connectivity index (χ0) is 21.9. The van der Waals surface area contributed by atoms with Crippen LogP contribution in [0.15, 0.2) is 40.2 Å². The molecule has 1 unspecified atom stereocenters. The summed E-state index contributed by atoms with van der Waals surface area (Å²) in [6, 6.07) is 8.21. The highest BCUT2D eigenvalue weighted by molar-refractivity contribution is 7.89. The fraction of sp³-hybridized carbons (Fsp3) is 0.450. The summed E-state index contributed by atoms with van der Waals surface area (Å²) >= 11 is 1.10. The van der Waals surface area contributed by atoms with Crippen LogP contribution >= 0.6 is 11.3 Å². The number of nitrogens with zero attached hydrogens (tertiary/aromatic N) is 3. The number of rotatable bonds is 5. The van der Waals surface area contributed by atoms with Gasteiger partial charge in [0.05, 0.1) is 17.4 Å². The maximum absolute atomic E-state index is 12.9. The second kappa shape index (κ2) is 9.23. The highest BCUT2D eigenvalue weighted by atomic mass is 32.2. The summed E-state index contributed by atoms with van der Waals surface area (Å²) in [6.07, 6.45) is 1.16. The molecule has 10 heteroatoms. The topological polar surface area (TPSA) is 98.0 Å². The smallest absolute Gasteiger partial charge is 0.350 e. The monoisotopic (exact) mass is 451 g/mol. The Bertz CT molecular complexity index is 1100. The van der Waals surface area contributed by atoms with Crippen molar-refractivity contribution in [3.05, 3.63) is 45.7 Å². The Morgan fingerprint density at radius 2 is 1.97 bits per heavy atom. The Balaban J connectivity index is 1.83. The predicted octanol–water partition coefficient (Wildman–Crippen LogP) is 2.10. The van der Waals surface area contributed by atoms with Crippen molar-refractivity contribution in [1.82, 2.24) is 8.87 Å². The van der Waals surface area contributed by atoms with Gasteiger partial charge in [-0.05, 0) is 38.8 Å². The second-order valence-corrected chi connectivity index (χ2v) is 9.96. The third-order valence-corrected chi connectivity index (χ3v) is 8.19. The number of benzene rings is 1. The molecule has 1 aliphatic heterocycles. The van der Waals surface area contributed by atoms with Crippen molar-refractivity contribution in [2.45, 2.75) is 31.6 Å². The third kappa shape index (κ3) is 4.55. The van der Waals surface area contributed by atoms with Crippen LogP contribution in [0.4, 0.5) is 0 Å². The highest BCUT2D eigenvalue weighted by Crippen LogP contribution is 2.24. The van der Waals surface area contributed by atoms with Gasteiger partial charge in [0.25, 0.3) is 5.91 Å². The molecule has 0 bridgehead atoms. The summed E-state index contributed by atoms with van der Waals surface area (Å²) in [5.74, 6) is -1.34. The molecule has 0 N–H and O–H groups in total. The number of carbonyl (C=O) groups is 2. The lowest BCUT2D eigenvalue weighted by molar-refractivity contribution is -0.122. The Labute approximate surface area is 179 Å². The lowest BCUT2D eigenvalue weighted by Gasteiger charge is -2.30. The maximum Gasteiger partial charge on any atom is 0.350 e. The van der Waals surface area contributed by atoms with Gasteiger partial charge in [-0.15, -0.1) is 0 Å². The van der Waals surface area contributed by atoms with E-state index in [1.807, 2.05) is 0 Å². The summed E-state index contributed by atoms with van der Waals surface area (Å²) in [4.78, 5) is 30.1. The van der Waals surface area contributed by atoms with Crippen molar-refractivity contribution in [3.8, 4) is 0 Å². The van der Waals surface area contributed by atoms with Gasteiger partial charge in [-0.25, -0.2) is 13.2 Å². The van der Waals surface area contributed by atoms with Gasteiger partial charge in [0.2, 0.25) is 10.0 Å². The van der Waals surface area contributed by atoms with Gasteiger partial charge in [-0.2, -0.15) is 9.30 Å². The first-order valence-electron chi connectivity index (χ1n) is 9.73. The quantitative estimate of drug-likeness (QED) is 0.649. The van der Waals surface area contributed by atoms with Crippen molar-refractivity contribution in [3.63, 3.8) is 0 Å². The van der Waals surface area contributed by atoms with Gasteiger partial charge in [-0.3, -0.25) is 4.79 Å². The number of aromatic nitrogens is 1. The van der Waals surface area contributed by atoms with Crippen LogP contribution in [0.1, 0.15) is 35.1 Å². The zero-order valence-corrected chi connectivity index (χ0v) is 18.8. The van der Waals surface area contributed by atoms with E-state index in [1.165, 1.54) is 4.31 Å². The molecule has 30 heavy (non-hydrogen) atoms. The van der Waals surface area contributed by atoms with Gasteiger partial charge < -0.3 is 9.30 Å². The van der Waals surface area contributed by atoms with Crippen LogP contribution in [0.25, 0.3) is 0 Å². The number of ether oxygens (including phenoxy) is 1. The zero-order valence-electron chi connectivity index (χ0n) is 17.2. The molecule has 0 aliphatic carbocycles. The first-order chi connectivity index (χ1) is 14.3. The fourth-order valence-electron chi connectivity index (χ4n) is 3.30. The molecule has 1 saturated heterocycles. The van der Waals surface area contributed by atoms with Crippen LogP contribution in [-0.4, -0.2) is 48.9 Å². The van der Waals surface area contributed by atoms with Crippen LogP contribution < -0.4 is 4.80 Å². The number of hydrogen-bond acceptors (Lipinski definition) is 6. The fourth-order valence-corrected chi connectivity index (χ4v) is 5.87. The normalized spacial score (nSPS) is 18.4. The second-order valence-electron chi connectivity index (χ2n) is 7.04. The lowest BCUT2D eigenvalue weighted by atomic mass is 9.99. The van der Waals surface area contributed by atoms with Crippen LogP contribution in [0.5, 0.6) is 0 Å². The minimum Gasteiger partial charge on any atom is -0.462 e. The molecule has 1 amide bonds. The first-order valence-corrected chi connectivity index (χ1v) is 12.0. The van der Waals surface area contributed by atoms with E-state index >= 15 is 0 Å². The molecule has 2 aromatic rings. The van der Waals surface area contributed by atoms with Gasteiger partial charge in [0, 0.05) is 25.8 Å². The van der Waals surface area contributed by atoms with Crippen molar-refractivity contribution in [2.75, 3.05) is 19.7 Å². The van der Waals surface area contributed by atoms with Crippen molar-refractivity contribution >= 4 is 33.2 Å². The number of hydrogen-bond donors (Lipinski definition) is 0. The number of carbonyl (C=O) groups excluding carboxylic acids is 2. The van der Waals surface area contributed by atoms with E-state index in [9.17, 15) is 18.0 Å². The van der Waals surface area contributed by atoms with E-state index in [2.05, 4.69) is 4.99 Å². The van der Waals surface area contributed by atoms with E-state index in [-0.39, 0.29) is 24.0 Å². The number of piperidine rings is 1. The molecular formula is C20H25N3O5S2. The molecule has 162 valence electrons. The van der Waals surface area contributed by atoms with Gasteiger partial charge >= 0.3 is 5.97 Å². The standard InChI is InChI=1S/C20H25N3O5S2/c1-4-28-19(25)17-14(2)22(3)20(29-17)21-18(24)15-9-8-12-23(13-15)30(26,27)16-10-6-5-7-11-16/h5-7,10-11,15H,4,8-9,12-13H2,1-3H3. The summed E-state index contributed by atoms with van der Waals surface area (Å²) in [7, 11) is -1.92. The molecule has 0 radical (unpaired) electrons. The van der Waals surface area contributed by atoms with Crippen LogP contribution in [-0.2, 0) is 26.6 Å². The predicted molar refractivity (Wildman–Crippen MR) is 112 cm³/mol. The van der Waals surface area contributed by atoms with Crippen molar-refractivity contribution in [1.29, 1.82) is 0 Å². The number of thiazole rings is 1. The van der Waals surface area contributed by atoms with E-state index in [0.717, 1.165) is 11.3 Å². The SMILES string of the molecule is CCOC(=O)c1sc(=NC(=O)C2CCCN(S(=O)(=O)c3ccccc3)C2)n(C)c1C. The molecule has 2 heterocycles. The van der Waals surface area contributed by atoms with E-state index in [1.54, 1.807) is 55.8 Å². The Hall–Kier alpha value is -2.30. The van der Waals surface area contributed by atoms with Crippen molar-refractivity contribution < 1.29 is 22.7 Å². The molecule has 1 aromatic carbocycles. The number of amides is 1. The van der Waals surface area contributed by atoms with E-state index in [4.69, 9.17) is 4.74 Å². The van der Waals surface area contributed by atoms with Gasteiger partial charge in [0.1, 0.15) is 4.88 Å². The first kappa shape index (κ1) is 22.4. The molecular weight excluding hydrogens is 426 g/mol. The molecule has 1 aromatic heterocycles. The van der Waals surface area contributed by atoms with Crippen molar-refractivity contribution in [2.24, 2.45) is 18.0 Å². The van der Waals surface area contributed by atoms with Crippen LogP contribution in [0.3, 0.4) is 0 Å². The van der Waals surface area contributed by atoms with Gasteiger partial charge in [0.15, 0.2) is 4.80 Å². The Morgan fingerprint density at radius 3 is 2.63 bits per heavy atom. The van der Waals surface area contributed by atoms with Crippen LogP contribution in [0.2, 0.25) is 0 Å². The highest BCUT2D eigenvalue weighted by Gasteiger charge is 2.33. The van der Waals surface area contributed by atoms with E-state index < -0.39 is 21.9 Å². The minimum atomic E-state index is -3.65. The summed E-state index contributed by atoms with van der Waals surface area (Å²) < 4.78 is 33.8. The molecule has 3 rings (SSSR count). The lowest BCUT2D eigenvalue weighted by Crippen LogP contribution is -2.42. The molecule has 1 fully saturated rings. The maximum atomic E-state index is 12.9. The minimum absolute atomic E-state index is 0.0956. The third-order valence-electron chi connectivity index (χ3n) is 5.09. The molecule has 8 nitrogen and oxygen atoms in total. The average Bonchev–Trinajstić information content (AvgIpc) is 3.03.